The molecule has 2 fully saturated rings. The second-order valence-electron chi connectivity index (χ2n) is 5.89. The molecule has 1 saturated heterocycles. The monoisotopic (exact) mass is 284 g/mol. The van der Waals surface area contributed by atoms with Gasteiger partial charge < -0.3 is 10.2 Å². The standard InChI is InChI=1S/C14H24N2O2S/c1-9(2)12-13(17)15-11(10-5-6-10)14(18)16(12)7-4-8-19-3/h9-12H,4-8H2,1-3H3,(H,15,17). The highest BCUT2D eigenvalue weighted by Gasteiger charge is 2.47. The summed E-state index contributed by atoms with van der Waals surface area (Å²) in [7, 11) is 0. The molecule has 1 aliphatic heterocycles. The number of nitrogens with one attached hydrogen (secondary N) is 1. The summed E-state index contributed by atoms with van der Waals surface area (Å²) >= 11 is 1.78. The molecule has 0 aromatic carbocycles. The van der Waals surface area contributed by atoms with Gasteiger partial charge in [0.1, 0.15) is 12.1 Å². The van der Waals surface area contributed by atoms with Crippen molar-refractivity contribution in [3.05, 3.63) is 0 Å². The van der Waals surface area contributed by atoms with Crippen LogP contribution < -0.4 is 5.32 Å². The highest BCUT2D eigenvalue weighted by atomic mass is 32.2. The number of carbonyl (C=O) groups excluding carboxylic acids is 2. The zero-order valence-corrected chi connectivity index (χ0v) is 12.8. The van der Waals surface area contributed by atoms with Gasteiger partial charge in [-0.2, -0.15) is 11.8 Å². The molecule has 2 rings (SSSR count). The van der Waals surface area contributed by atoms with E-state index in [1.165, 1.54) is 0 Å². The quantitative estimate of drug-likeness (QED) is 0.752. The van der Waals surface area contributed by atoms with E-state index in [9.17, 15) is 9.59 Å². The molecule has 4 nitrogen and oxygen atoms in total. The molecule has 1 N–H and O–H groups in total. The Kier molecular flexibility index (Phi) is 4.76. The molecule has 0 aromatic rings. The lowest BCUT2D eigenvalue weighted by Gasteiger charge is -2.41. The van der Waals surface area contributed by atoms with Crippen molar-refractivity contribution >= 4 is 23.6 Å². The van der Waals surface area contributed by atoms with E-state index in [-0.39, 0.29) is 29.8 Å². The molecule has 19 heavy (non-hydrogen) atoms. The van der Waals surface area contributed by atoms with Gasteiger partial charge in [-0.25, -0.2) is 0 Å². The molecule has 5 heteroatoms. The SMILES string of the molecule is CSCCCN1C(=O)C(C2CC2)NC(=O)C1C(C)C. The molecule has 0 aromatic heterocycles. The van der Waals surface area contributed by atoms with Gasteiger partial charge in [0.2, 0.25) is 11.8 Å². The van der Waals surface area contributed by atoms with Crippen LogP contribution >= 0.6 is 11.8 Å². The van der Waals surface area contributed by atoms with Crippen molar-refractivity contribution < 1.29 is 9.59 Å². The Morgan fingerprint density at radius 3 is 2.58 bits per heavy atom. The molecule has 0 bridgehead atoms. The third-order valence-corrected chi connectivity index (χ3v) is 4.62. The number of hydrogen-bond donors (Lipinski definition) is 1. The Bertz CT molecular complexity index is 355. The van der Waals surface area contributed by atoms with Gasteiger partial charge in [-0.05, 0) is 43.1 Å². The summed E-state index contributed by atoms with van der Waals surface area (Å²) in [6, 6.07) is -0.541. The molecule has 0 radical (unpaired) electrons. The molecule has 2 aliphatic rings. The minimum Gasteiger partial charge on any atom is -0.342 e. The first kappa shape index (κ1) is 14.7. The summed E-state index contributed by atoms with van der Waals surface area (Å²) in [6.45, 7) is 4.73. The Balaban J connectivity index is 2.09. The molecular weight excluding hydrogens is 260 g/mol. The Labute approximate surface area is 119 Å². The third kappa shape index (κ3) is 3.25. The Morgan fingerprint density at radius 2 is 2.05 bits per heavy atom. The average molecular weight is 284 g/mol. The fraction of sp³-hybridized carbons (Fsp3) is 0.857. The predicted molar refractivity (Wildman–Crippen MR) is 78.0 cm³/mol. The number of carbonyl (C=O) groups is 2. The van der Waals surface area contributed by atoms with E-state index in [4.69, 9.17) is 0 Å². The van der Waals surface area contributed by atoms with Crippen molar-refractivity contribution in [1.82, 2.24) is 10.2 Å². The molecule has 108 valence electrons. The lowest BCUT2D eigenvalue weighted by atomic mass is 9.95. The summed E-state index contributed by atoms with van der Waals surface area (Å²) in [5.41, 5.74) is 0. The normalized spacial score (nSPS) is 27.9. The van der Waals surface area contributed by atoms with E-state index in [1.807, 2.05) is 18.7 Å². The summed E-state index contributed by atoms with van der Waals surface area (Å²) in [4.78, 5) is 26.7. The summed E-state index contributed by atoms with van der Waals surface area (Å²) in [6.07, 6.45) is 5.17. The molecule has 2 atom stereocenters. The van der Waals surface area contributed by atoms with Crippen molar-refractivity contribution in [1.29, 1.82) is 0 Å². The van der Waals surface area contributed by atoms with Crippen LogP contribution in [0, 0.1) is 11.8 Å². The molecule has 1 aliphatic carbocycles. The first-order valence-electron chi connectivity index (χ1n) is 7.16. The maximum Gasteiger partial charge on any atom is 0.246 e. The number of hydrogen-bond acceptors (Lipinski definition) is 3. The highest BCUT2D eigenvalue weighted by molar-refractivity contribution is 7.98. The average Bonchev–Trinajstić information content (AvgIpc) is 3.16. The lowest BCUT2D eigenvalue weighted by molar-refractivity contribution is -0.151. The second-order valence-corrected chi connectivity index (χ2v) is 6.88. The van der Waals surface area contributed by atoms with Gasteiger partial charge in [-0.1, -0.05) is 13.8 Å². The lowest BCUT2D eigenvalue weighted by Crippen LogP contribution is -2.65. The van der Waals surface area contributed by atoms with Gasteiger partial charge >= 0.3 is 0 Å². The minimum atomic E-state index is -0.288. The van der Waals surface area contributed by atoms with Crippen molar-refractivity contribution in [3.8, 4) is 0 Å². The van der Waals surface area contributed by atoms with Crippen LogP contribution in [-0.2, 0) is 9.59 Å². The maximum atomic E-state index is 12.6. The van der Waals surface area contributed by atoms with Gasteiger partial charge in [-0.3, -0.25) is 9.59 Å². The largest absolute Gasteiger partial charge is 0.342 e. The van der Waals surface area contributed by atoms with Crippen molar-refractivity contribution in [2.24, 2.45) is 11.8 Å². The molecule has 0 spiro atoms. The number of piperazine rings is 1. The molecule has 2 amide bonds. The fourth-order valence-corrected chi connectivity index (χ4v) is 3.22. The Morgan fingerprint density at radius 1 is 1.37 bits per heavy atom. The fourth-order valence-electron chi connectivity index (χ4n) is 2.80. The van der Waals surface area contributed by atoms with E-state index >= 15 is 0 Å². The molecular formula is C14H24N2O2S. The van der Waals surface area contributed by atoms with Gasteiger partial charge in [0, 0.05) is 6.54 Å². The summed E-state index contributed by atoms with van der Waals surface area (Å²) in [5.74, 6) is 1.76. The van der Waals surface area contributed by atoms with Crippen LogP contribution in [0.3, 0.4) is 0 Å². The minimum absolute atomic E-state index is 0.0376. The summed E-state index contributed by atoms with van der Waals surface area (Å²) in [5, 5.41) is 2.94. The Hall–Kier alpha value is -0.710. The van der Waals surface area contributed by atoms with Gasteiger partial charge in [-0.15, -0.1) is 0 Å². The van der Waals surface area contributed by atoms with Crippen LogP contribution in [0.1, 0.15) is 33.1 Å². The third-order valence-electron chi connectivity index (χ3n) is 3.92. The molecule has 1 saturated carbocycles. The highest BCUT2D eigenvalue weighted by Crippen LogP contribution is 2.35. The number of rotatable bonds is 6. The van der Waals surface area contributed by atoms with Crippen molar-refractivity contribution in [2.45, 2.75) is 45.2 Å². The van der Waals surface area contributed by atoms with Crippen LogP contribution in [0.5, 0.6) is 0 Å². The van der Waals surface area contributed by atoms with Crippen LogP contribution in [0.15, 0.2) is 0 Å². The number of nitrogens with zero attached hydrogens (tertiary/aromatic N) is 1. The van der Waals surface area contributed by atoms with Crippen LogP contribution in [-0.4, -0.2) is 47.4 Å². The van der Waals surface area contributed by atoms with Crippen LogP contribution in [0.25, 0.3) is 0 Å². The van der Waals surface area contributed by atoms with Crippen LogP contribution in [0.2, 0.25) is 0 Å². The van der Waals surface area contributed by atoms with E-state index in [0.29, 0.717) is 12.5 Å². The van der Waals surface area contributed by atoms with E-state index < -0.39 is 0 Å². The predicted octanol–water partition coefficient (Wildman–Crippen LogP) is 1.50. The number of thioether (sulfide) groups is 1. The zero-order chi connectivity index (χ0) is 14.0. The first-order valence-corrected chi connectivity index (χ1v) is 8.55. The van der Waals surface area contributed by atoms with Gasteiger partial charge in [0.25, 0.3) is 0 Å². The van der Waals surface area contributed by atoms with E-state index in [2.05, 4.69) is 11.6 Å². The van der Waals surface area contributed by atoms with E-state index in [1.54, 1.807) is 11.8 Å². The zero-order valence-electron chi connectivity index (χ0n) is 12.0. The van der Waals surface area contributed by atoms with Gasteiger partial charge in [0.15, 0.2) is 0 Å². The van der Waals surface area contributed by atoms with Crippen molar-refractivity contribution in [3.63, 3.8) is 0 Å². The topological polar surface area (TPSA) is 49.4 Å². The maximum absolute atomic E-state index is 12.6. The molecule has 2 unspecified atom stereocenters. The van der Waals surface area contributed by atoms with E-state index in [0.717, 1.165) is 25.0 Å². The van der Waals surface area contributed by atoms with Crippen LogP contribution in [0.4, 0.5) is 0 Å². The van der Waals surface area contributed by atoms with Crippen molar-refractivity contribution in [2.75, 3.05) is 18.6 Å². The van der Waals surface area contributed by atoms with Gasteiger partial charge in [0.05, 0.1) is 0 Å². The molecule has 1 heterocycles. The summed E-state index contributed by atoms with van der Waals surface area (Å²) < 4.78 is 0. The second kappa shape index (κ2) is 6.16. The smallest absolute Gasteiger partial charge is 0.246 e. The number of amides is 2. The first-order chi connectivity index (χ1) is 9.06.